The van der Waals surface area contributed by atoms with E-state index in [1.54, 1.807) is 19.4 Å². The van der Waals surface area contributed by atoms with Crippen molar-refractivity contribution in [1.29, 1.82) is 0 Å². The Hall–Kier alpha value is -2.88. The second-order valence-corrected chi connectivity index (χ2v) is 6.10. The van der Waals surface area contributed by atoms with E-state index in [2.05, 4.69) is 18.8 Å². The molecule has 26 heavy (non-hydrogen) atoms. The van der Waals surface area contributed by atoms with Crippen molar-refractivity contribution in [3.8, 4) is 5.75 Å². The number of aliphatic imine (C=N–C) groups is 1. The van der Waals surface area contributed by atoms with E-state index in [0.29, 0.717) is 12.5 Å². The monoisotopic (exact) mass is 351 g/mol. The van der Waals surface area contributed by atoms with Crippen LogP contribution in [0.1, 0.15) is 31.4 Å². The van der Waals surface area contributed by atoms with E-state index in [-0.39, 0.29) is 5.97 Å². The van der Waals surface area contributed by atoms with Crippen molar-refractivity contribution >= 4 is 23.9 Å². The summed E-state index contributed by atoms with van der Waals surface area (Å²) < 4.78 is 10.3. The summed E-state index contributed by atoms with van der Waals surface area (Å²) in [5.41, 5.74) is 2.77. The van der Waals surface area contributed by atoms with E-state index in [1.807, 2.05) is 48.5 Å². The number of rotatable bonds is 8. The molecule has 0 unspecified atom stereocenters. The second-order valence-electron chi connectivity index (χ2n) is 6.10. The lowest BCUT2D eigenvalue weighted by atomic mass is 10.1. The third kappa shape index (κ3) is 6.55. The predicted molar refractivity (Wildman–Crippen MR) is 106 cm³/mol. The highest BCUT2D eigenvalue weighted by atomic mass is 16.5. The first-order valence-electron chi connectivity index (χ1n) is 8.73. The number of carbonyl (C=O) groups is 1. The number of nitrogens with zero attached hydrogens (tertiary/aromatic N) is 1. The molecule has 1 atom stereocenters. The van der Waals surface area contributed by atoms with Crippen molar-refractivity contribution in [2.75, 3.05) is 13.7 Å². The fourth-order valence-electron chi connectivity index (χ4n) is 2.07. The van der Waals surface area contributed by atoms with Gasteiger partial charge in [-0.15, -0.1) is 0 Å². The van der Waals surface area contributed by atoms with Crippen LogP contribution in [-0.2, 0) is 9.53 Å². The first-order valence-corrected chi connectivity index (χ1v) is 8.73. The molecule has 2 aromatic carbocycles. The number of carbonyl (C=O) groups excluding carboxylic acids is 1. The van der Waals surface area contributed by atoms with Crippen LogP contribution in [0.5, 0.6) is 5.75 Å². The van der Waals surface area contributed by atoms with Crippen LogP contribution in [0.4, 0.5) is 5.69 Å². The number of methoxy groups -OCH3 is 1. The lowest BCUT2D eigenvalue weighted by Crippen LogP contribution is -2.08. The summed E-state index contributed by atoms with van der Waals surface area (Å²) in [5, 5.41) is 0. The zero-order valence-electron chi connectivity index (χ0n) is 15.5. The Labute approximate surface area is 155 Å². The molecule has 0 N–H and O–H groups in total. The van der Waals surface area contributed by atoms with Crippen molar-refractivity contribution in [2.45, 2.75) is 20.3 Å². The summed E-state index contributed by atoms with van der Waals surface area (Å²) in [5.74, 6) is 0.892. The first-order chi connectivity index (χ1) is 12.6. The van der Waals surface area contributed by atoms with E-state index in [9.17, 15) is 4.79 Å². The quantitative estimate of drug-likeness (QED) is 0.380. The molecular formula is C22H25NO3. The normalized spacial score (nSPS) is 12.4. The Balaban J connectivity index is 1.89. The van der Waals surface area contributed by atoms with Crippen LogP contribution in [-0.4, -0.2) is 25.9 Å². The highest BCUT2D eigenvalue weighted by Crippen LogP contribution is 2.15. The topological polar surface area (TPSA) is 47.9 Å². The summed E-state index contributed by atoms with van der Waals surface area (Å²) in [6.07, 6.45) is 6.00. The van der Waals surface area contributed by atoms with Crippen molar-refractivity contribution in [3.63, 3.8) is 0 Å². The minimum absolute atomic E-state index is 0.313. The Morgan fingerprint density at radius 3 is 2.35 bits per heavy atom. The smallest absolute Gasteiger partial charge is 0.330 e. The van der Waals surface area contributed by atoms with Crippen LogP contribution in [0.3, 0.4) is 0 Å². The molecule has 0 aliphatic rings. The van der Waals surface area contributed by atoms with Gasteiger partial charge in [-0.05, 0) is 59.5 Å². The molecule has 0 heterocycles. The third-order valence-corrected chi connectivity index (χ3v) is 3.99. The molecular weight excluding hydrogens is 326 g/mol. The van der Waals surface area contributed by atoms with Crippen molar-refractivity contribution in [1.82, 2.24) is 0 Å². The first kappa shape index (κ1) is 19.4. The minimum atomic E-state index is -0.313. The molecule has 0 aliphatic heterocycles. The molecule has 0 saturated carbocycles. The Morgan fingerprint density at radius 2 is 1.73 bits per heavy atom. The van der Waals surface area contributed by atoms with Crippen molar-refractivity contribution < 1.29 is 14.3 Å². The Kier molecular flexibility index (Phi) is 7.62. The molecule has 0 bridgehead atoms. The van der Waals surface area contributed by atoms with E-state index >= 15 is 0 Å². The summed E-state index contributed by atoms with van der Waals surface area (Å²) >= 11 is 0. The van der Waals surface area contributed by atoms with E-state index in [4.69, 9.17) is 9.47 Å². The van der Waals surface area contributed by atoms with Gasteiger partial charge in [0.05, 0.1) is 19.4 Å². The Bertz CT molecular complexity index is 746. The van der Waals surface area contributed by atoms with Gasteiger partial charge in [-0.25, -0.2) is 4.79 Å². The zero-order chi connectivity index (χ0) is 18.8. The molecule has 0 amide bonds. The van der Waals surface area contributed by atoms with Gasteiger partial charge in [0.25, 0.3) is 0 Å². The maximum atomic E-state index is 11.7. The molecule has 0 aliphatic carbocycles. The van der Waals surface area contributed by atoms with Crippen molar-refractivity contribution in [2.24, 2.45) is 10.9 Å². The van der Waals surface area contributed by atoms with E-state index < -0.39 is 0 Å². The molecule has 2 rings (SSSR count). The number of esters is 1. The fourth-order valence-corrected chi connectivity index (χ4v) is 2.07. The van der Waals surface area contributed by atoms with Gasteiger partial charge in [0.15, 0.2) is 0 Å². The van der Waals surface area contributed by atoms with Crippen LogP contribution in [0.15, 0.2) is 59.6 Å². The molecule has 4 nitrogen and oxygen atoms in total. The van der Waals surface area contributed by atoms with Crippen molar-refractivity contribution in [3.05, 3.63) is 65.7 Å². The highest BCUT2D eigenvalue weighted by Gasteiger charge is 2.02. The minimum Gasteiger partial charge on any atom is -0.497 e. The number of hydrogen-bond donors (Lipinski definition) is 0. The van der Waals surface area contributed by atoms with Gasteiger partial charge in [-0.2, -0.15) is 0 Å². The van der Waals surface area contributed by atoms with Crippen LogP contribution < -0.4 is 4.74 Å². The lowest BCUT2D eigenvalue weighted by Gasteiger charge is -2.07. The SMILES string of the molecule is CC[C@H](C)COC(=O)/C=C\c1ccc(N=Cc2ccc(OC)cc2)cc1. The van der Waals surface area contributed by atoms with Gasteiger partial charge in [-0.1, -0.05) is 32.4 Å². The highest BCUT2D eigenvalue weighted by molar-refractivity contribution is 5.87. The molecule has 0 fully saturated rings. The van der Waals surface area contributed by atoms with Gasteiger partial charge in [0.2, 0.25) is 0 Å². The maximum Gasteiger partial charge on any atom is 0.330 e. The Morgan fingerprint density at radius 1 is 1.08 bits per heavy atom. The van der Waals surface area contributed by atoms with Crippen LogP contribution in [0.2, 0.25) is 0 Å². The number of benzene rings is 2. The summed E-state index contributed by atoms with van der Waals surface area (Å²) in [7, 11) is 1.64. The maximum absolute atomic E-state index is 11.7. The van der Waals surface area contributed by atoms with Crippen LogP contribution in [0, 0.1) is 5.92 Å². The van der Waals surface area contributed by atoms with Crippen LogP contribution >= 0.6 is 0 Å². The summed E-state index contributed by atoms with van der Waals surface area (Å²) in [4.78, 5) is 16.1. The van der Waals surface area contributed by atoms with Gasteiger partial charge in [0.1, 0.15) is 5.75 Å². The summed E-state index contributed by atoms with van der Waals surface area (Å²) in [6.45, 7) is 4.59. The molecule has 0 radical (unpaired) electrons. The molecule has 0 saturated heterocycles. The van der Waals surface area contributed by atoms with E-state index in [0.717, 1.165) is 29.0 Å². The summed E-state index contributed by atoms with van der Waals surface area (Å²) in [6, 6.07) is 15.3. The molecule has 2 aromatic rings. The van der Waals surface area contributed by atoms with E-state index in [1.165, 1.54) is 6.08 Å². The largest absolute Gasteiger partial charge is 0.497 e. The third-order valence-electron chi connectivity index (χ3n) is 3.99. The second kappa shape index (κ2) is 10.2. The zero-order valence-corrected chi connectivity index (χ0v) is 15.5. The predicted octanol–water partition coefficient (Wildman–Crippen LogP) is 5.05. The molecule has 4 heteroatoms. The fraction of sp³-hybridized carbons (Fsp3) is 0.273. The van der Waals surface area contributed by atoms with Gasteiger partial charge >= 0.3 is 5.97 Å². The average molecular weight is 351 g/mol. The standard InChI is InChI=1S/C22H25NO3/c1-4-17(2)16-26-22(24)14-9-18-5-10-20(11-6-18)23-15-19-7-12-21(25-3)13-8-19/h5-15,17H,4,16H2,1-3H3/b14-9-,23-15?/t17-/m0/s1. The average Bonchev–Trinajstić information content (AvgIpc) is 2.70. The van der Waals surface area contributed by atoms with Gasteiger partial charge < -0.3 is 9.47 Å². The van der Waals surface area contributed by atoms with Crippen LogP contribution in [0.25, 0.3) is 6.08 Å². The molecule has 0 aromatic heterocycles. The number of hydrogen-bond acceptors (Lipinski definition) is 4. The van der Waals surface area contributed by atoms with Gasteiger partial charge in [0, 0.05) is 12.3 Å². The van der Waals surface area contributed by atoms with Gasteiger partial charge in [-0.3, -0.25) is 4.99 Å². The molecule has 136 valence electrons. The number of ether oxygens (including phenoxy) is 2. The lowest BCUT2D eigenvalue weighted by molar-refractivity contribution is -0.138. The molecule has 0 spiro atoms.